The van der Waals surface area contributed by atoms with Gasteiger partial charge in [0.25, 0.3) is 0 Å². The van der Waals surface area contributed by atoms with Crippen LogP contribution in [0.1, 0.15) is 11.1 Å². The van der Waals surface area contributed by atoms with Gasteiger partial charge in [0, 0.05) is 28.0 Å². The maximum atomic E-state index is 5.47. The quantitative estimate of drug-likeness (QED) is 0.691. The van der Waals surface area contributed by atoms with Crippen LogP contribution in [0.25, 0.3) is 21.8 Å². The van der Waals surface area contributed by atoms with Gasteiger partial charge in [-0.05, 0) is 31.5 Å². The summed E-state index contributed by atoms with van der Waals surface area (Å²) >= 11 is 0. The van der Waals surface area contributed by atoms with Crippen LogP contribution >= 0.6 is 0 Å². The molecule has 1 aromatic carbocycles. The second kappa shape index (κ2) is 3.48. The molecule has 2 aromatic heterocycles. The number of benzene rings is 1. The van der Waals surface area contributed by atoms with Gasteiger partial charge in [-0.25, -0.2) is 0 Å². The van der Waals surface area contributed by atoms with Crippen molar-refractivity contribution in [1.82, 2.24) is 9.97 Å². The van der Waals surface area contributed by atoms with E-state index < -0.39 is 0 Å². The zero-order chi connectivity index (χ0) is 12.0. The van der Waals surface area contributed by atoms with Gasteiger partial charge in [-0.2, -0.15) is 0 Å². The second-order valence-corrected chi connectivity index (χ2v) is 4.32. The number of aromatic nitrogens is 2. The first-order valence-electron chi connectivity index (χ1n) is 5.62. The minimum Gasteiger partial charge on any atom is -0.496 e. The van der Waals surface area contributed by atoms with Crippen LogP contribution in [0.4, 0.5) is 0 Å². The van der Waals surface area contributed by atoms with Crippen molar-refractivity contribution in [3.8, 4) is 5.75 Å². The van der Waals surface area contributed by atoms with Gasteiger partial charge >= 0.3 is 0 Å². The van der Waals surface area contributed by atoms with E-state index in [9.17, 15) is 0 Å². The molecule has 0 atom stereocenters. The predicted octanol–water partition coefficient (Wildman–Crippen LogP) is 3.34. The van der Waals surface area contributed by atoms with E-state index in [2.05, 4.69) is 29.9 Å². The molecule has 0 bridgehead atoms. The average molecular weight is 226 g/mol. The molecule has 0 aliphatic rings. The summed E-state index contributed by atoms with van der Waals surface area (Å²) in [6, 6.07) is 4.16. The number of nitrogens with one attached hydrogen (secondary N) is 1. The van der Waals surface area contributed by atoms with Crippen molar-refractivity contribution in [3.63, 3.8) is 0 Å². The highest BCUT2D eigenvalue weighted by Crippen LogP contribution is 2.35. The van der Waals surface area contributed by atoms with E-state index >= 15 is 0 Å². The second-order valence-electron chi connectivity index (χ2n) is 4.32. The SMILES string of the molecule is COc1c(C)cc2[nH]c3cnccc3c2c1C. The molecule has 17 heavy (non-hydrogen) atoms. The summed E-state index contributed by atoms with van der Waals surface area (Å²) in [5.41, 5.74) is 4.54. The molecule has 0 unspecified atom stereocenters. The number of hydrogen-bond acceptors (Lipinski definition) is 2. The fourth-order valence-corrected chi connectivity index (χ4v) is 2.58. The topological polar surface area (TPSA) is 37.9 Å². The molecule has 3 nitrogen and oxygen atoms in total. The van der Waals surface area contributed by atoms with Crippen molar-refractivity contribution in [3.05, 3.63) is 35.7 Å². The fraction of sp³-hybridized carbons (Fsp3) is 0.214. The Balaban J connectivity index is 2.55. The first-order valence-corrected chi connectivity index (χ1v) is 5.62. The van der Waals surface area contributed by atoms with Crippen LogP contribution in [0, 0.1) is 13.8 Å². The number of nitrogens with zero attached hydrogens (tertiary/aromatic N) is 1. The Morgan fingerprint density at radius 1 is 1.24 bits per heavy atom. The molecule has 0 aliphatic heterocycles. The summed E-state index contributed by atoms with van der Waals surface area (Å²) in [5, 5.41) is 2.43. The van der Waals surface area contributed by atoms with E-state index in [-0.39, 0.29) is 0 Å². The number of H-pyrrole nitrogens is 1. The Kier molecular flexibility index (Phi) is 2.08. The lowest BCUT2D eigenvalue weighted by molar-refractivity contribution is 0.409. The van der Waals surface area contributed by atoms with Gasteiger partial charge in [-0.15, -0.1) is 0 Å². The van der Waals surface area contributed by atoms with Crippen LogP contribution in [0.5, 0.6) is 5.75 Å². The van der Waals surface area contributed by atoms with Crippen molar-refractivity contribution in [2.75, 3.05) is 7.11 Å². The van der Waals surface area contributed by atoms with E-state index in [1.807, 2.05) is 18.5 Å². The first kappa shape index (κ1) is 10.1. The van der Waals surface area contributed by atoms with E-state index in [4.69, 9.17) is 4.74 Å². The Bertz CT molecular complexity index is 713. The summed E-state index contributed by atoms with van der Waals surface area (Å²) < 4.78 is 5.47. The summed E-state index contributed by atoms with van der Waals surface area (Å²) in [4.78, 5) is 7.53. The molecule has 0 saturated heterocycles. The highest BCUT2D eigenvalue weighted by atomic mass is 16.5. The van der Waals surface area contributed by atoms with Crippen molar-refractivity contribution in [2.24, 2.45) is 0 Å². The minimum atomic E-state index is 0.968. The van der Waals surface area contributed by atoms with Gasteiger partial charge in [-0.1, -0.05) is 0 Å². The zero-order valence-electron chi connectivity index (χ0n) is 10.2. The maximum Gasteiger partial charge on any atom is 0.125 e. The number of hydrogen-bond donors (Lipinski definition) is 1. The monoisotopic (exact) mass is 226 g/mol. The molecule has 3 heteroatoms. The molecular formula is C14H14N2O. The molecule has 0 spiro atoms. The minimum absolute atomic E-state index is 0.968. The van der Waals surface area contributed by atoms with Gasteiger partial charge in [0.2, 0.25) is 0 Å². The smallest absolute Gasteiger partial charge is 0.125 e. The largest absolute Gasteiger partial charge is 0.496 e. The van der Waals surface area contributed by atoms with E-state index in [0.29, 0.717) is 0 Å². The normalized spacial score (nSPS) is 11.2. The van der Waals surface area contributed by atoms with Gasteiger partial charge in [0.05, 0.1) is 18.8 Å². The summed E-state index contributed by atoms with van der Waals surface area (Å²) in [7, 11) is 1.72. The summed E-state index contributed by atoms with van der Waals surface area (Å²) in [6.45, 7) is 4.16. The van der Waals surface area contributed by atoms with E-state index in [1.54, 1.807) is 7.11 Å². The number of pyridine rings is 1. The molecule has 3 rings (SSSR count). The van der Waals surface area contributed by atoms with E-state index in [1.165, 1.54) is 16.3 Å². The maximum absolute atomic E-state index is 5.47. The molecule has 3 aromatic rings. The number of aromatic amines is 1. The molecule has 1 N–H and O–H groups in total. The summed E-state index contributed by atoms with van der Waals surface area (Å²) in [5.74, 6) is 0.968. The Labute approximate surface area is 99.4 Å². The first-order chi connectivity index (χ1) is 8.22. The third-order valence-corrected chi connectivity index (χ3v) is 3.27. The zero-order valence-corrected chi connectivity index (χ0v) is 10.2. The van der Waals surface area contributed by atoms with Gasteiger partial charge < -0.3 is 9.72 Å². The molecule has 0 aliphatic carbocycles. The Hall–Kier alpha value is -2.03. The highest BCUT2D eigenvalue weighted by molar-refractivity contribution is 6.09. The molecule has 86 valence electrons. The summed E-state index contributed by atoms with van der Waals surface area (Å²) in [6.07, 6.45) is 3.68. The Morgan fingerprint density at radius 2 is 2.06 bits per heavy atom. The van der Waals surface area contributed by atoms with E-state index in [0.717, 1.165) is 22.3 Å². The molecule has 0 amide bonds. The highest BCUT2D eigenvalue weighted by Gasteiger charge is 2.12. The lowest BCUT2D eigenvalue weighted by Gasteiger charge is -2.09. The van der Waals surface area contributed by atoms with Crippen molar-refractivity contribution in [1.29, 1.82) is 0 Å². The van der Waals surface area contributed by atoms with Gasteiger partial charge in [0.15, 0.2) is 0 Å². The van der Waals surface area contributed by atoms with Gasteiger partial charge in [0.1, 0.15) is 5.75 Å². The molecule has 0 fully saturated rings. The van der Waals surface area contributed by atoms with Crippen molar-refractivity contribution in [2.45, 2.75) is 13.8 Å². The van der Waals surface area contributed by atoms with Crippen LogP contribution in [0.3, 0.4) is 0 Å². The molecule has 0 radical (unpaired) electrons. The molecule has 2 heterocycles. The number of fused-ring (bicyclic) bond motifs is 3. The number of ether oxygens (including phenoxy) is 1. The lowest BCUT2D eigenvalue weighted by Crippen LogP contribution is -1.91. The Morgan fingerprint density at radius 3 is 2.82 bits per heavy atom. The van der Waals surface area contributed by atoms with Crippen LogP contribution in [-0.2, 0) is 0 Å². The lowest BCUT2D eigenvalue weighted by atomic mass is 10.0. The molecule has 0 saturated carbocycles. The van der Waals surface area contributed by atoms with Crippen LogP contribution in [0.2, 0.25) is 0 Å². The fourth-order valence-electron chi connectivity index (χ4n) is 2.58. The van der Waals surface area contributed by atoms with Crippen molar-refractivity contribution >= 4 is 21.8 Å². The number of aryl methyl sites for hydroxylation is 2. The standard InChI is InChI=1S/C14H14N2O/c1-8-6-11-13(9(2)14(8)17-3)10-4-5-15-7-12(10)16-11/h4-7,16H,1-3H3. The average Bonchev–Trinajstić information content (AvgIpc) is 2.67. The number of rotatable bonds is 1. The van der Waals surface area contributed by atoms with Gasteiger partial charge in [-0.3, -0.25) is 4.98 Å². The van der Waals surface area contributed by atoms with Crippen molar-refractivity contribution < 1.29 is 4.74 Å². The third kappa shape index (κ3) is 1.32. The van der Waals surface area contributed by atoms with Crippen LogP contribution in [-0.4, -0.2) is 17.1 Å². The third-order valence-electron chi connectivity index (χ3n) is 3.27. The molecular weight excluding hydrogens is 212 g/mol. The van der Waals surface area contributed by atoms with Crippen LogP contribution < -0.4 is 4.74 Å². The number of methoxy groups -OCH3 is 1. The van der Waals surface area contributed by atoms with Crippen LogP contribution in [0.15, 0.2) is 24.5 Å². The predicted molar refractivity (Wildman–Crippen MR) is 69.6 cm³/mol.